The van der Waals surface area contributed by atoms with Crippen molar-refractivity contribution in [2.24, 2.45) is 0 Å². The number of aromatic amines is 1. The van der Waals surface area contributed by atoms with Gasteiger partial charge < -0.3 is 0 Å². The summed E-state index contributed by atoms with van der Waals surface area (Å²) >= 11 is 0. The molecule has 1 aromatic rings. The lowest BCUT2D eigenvalue weighted by Gasteiger charge is -1.96. The summed E-state index contributed by atoms with van der Waals surface area (Å²) in [6.07, 6.45) is 5.74. The molecule has 4 nitrogen and oxygen atoms in total. The highest BCUT2D eigenvalue weighted by atomic mass is 16.1. The zero-order chi connectivity index (χ0) is 9.52. The molecule has 0 fully saturated rings. The third kappa shape index (κ3) is 3.83. The molecule has 0 saturated carbocycles. The van der Waals surface area contributed by atoms with E-state index in [0.717, 1.165) is 25.0 Å². The van der Waals surface area contributed by atoms with Gasteiger partial charge >= 0.3 is 0 Å². The monoisotopic (exact) mass is 181 g/mol. The first-order valence-corrected chi connectivity index (χ1v) is 4.69. The molecular weight excluding hydrogens is 166 g/mol. The Labute approximate surface area is 77.7 Å². The maximum atomic E-state index is 11.1. The van der Waals surface area contributed by atoms with Crippen molar-refractivity contribution in [2.45, 2.75) is 39.0 Å². The maximum absolute atomic E-state index is 11.1. The van der Waals surface area contributed by atoms with Gasteiger partial charge in [0, 0.05) is 12.8 Å². The van der Waals surface area contributed by atoms with Crippen LogP contribution in [0.15, 0.2) is 6.20 Å². The number of nitrogens with zero attached hydrogens (tertiary/aromatic N) is 2. The fourth-order valence-corrected chi connectivity index (χ4v) is 1.22. The molecule has 72 valence electrons. The second-order valence-electron chi connectivity index (χ2n) is 3.10. The maximum Gasteiger partial charge on any atom is 0.132 e. The molecule has 4 heteroatoms. The number of carbonyl (C=O) groups is 1. The van der Waals surface area contributed by atoms with Crippen molar-refractivity contribution in [3.8, 4) is 0 Å². The lowest BCUT2D eigenvalue weighted by molar-refractivity contribution is -0.119. The van der Waals surface area contributed by atoms with Gasteiger partial charge in [0.05, 0.1) is 11.9 Å². The summed E-state index contributed by atoms with van der Waals surface area (Å²) in [5, 5.41) is 10.2. The highest BCUT2D eigenvalue weighted by Gasteiger charge is 2.01. The average molecular weight is 181 g/mol. The lowest BCUT2D eigenvalue weighted by Crippen LogP contribution is -1.97. The van der Waals surface area contributed by atoms with Gasteiger partial charge in [-0.05, 0) is 19.3 Å². The molecule has 1 rings (SSSR count). The fourth-order valence-electron chi connectivity index (χ4n) is 1.22. The zero-order valence-electron chi connectivity index (χ0n) is 7.92. The van der Waals surface area contributed by atoms with Gasteiger partial charge in [-0.2, -0.15) is 15.4 Å². The van der Waals surface area contributed by atoms with Crippen LogP contribution in [0.4, 0.5) is 0 Å². The second-order valence-corrected chi connectivity index (χ2v) is 3.10. The highest BCUT2D eigenvalue weighted by Crippen LogP contribution is 2.02. The molecule has 0 spiro atoms. The SMILES string of the molecule is CCCC(=O)CCCc1cn[nH]n1. The number of aromatic nitrogens is 3. The summed E-state index contributed by atoms with van der Waals surface area (Å²) in [5.74, 6) is 0.353. The molecule has 0 saturated heterocycles. The molecule has 0 aliphatic heterocycles. The standard InChI is InChI=1S/C9H15N3O/c1-2-4-9(13)6-3-5-8-7-10-12-11-8/h7H,2-6H2,1H3,(H,10,11,12). The van der Waals surface area contributed by atoms with Crippen molar-refractivity contribution in [3.05, 3.63) is 11.9 Å². The van der Waals surface area contributed by atoms with E-state index < -0.39 is 0 Å². The highest BCUT2D eigenvalue weighted by molar-refractivity contribution is 5.78. The molecular formula is C9H15N3O. The molecule has 0 bridgehead atoms. The molecule has 0 aromatic carbocycles. The van der Waals surface area contributed by atoms with Crippen LogP contribution in [0.3, 0.4) is 0 Å². The summed E-state index contributed by atoms with van der Waals surface area (Å²) in [4.78, 5) is 11.1. The van der Waals surface area contributed by atoms with Crippen molar-refractivity contribution in [3.63, 3.8) is 0 Å². The molecule has 1 N–H and O–H groups in total. The van der Waals surface area contributed by atoms with Gasteiger partial charge in [0.2, 0.25) is 0 Å². The predicted molar refractivity (Wildman–Crippen MR) is 49.2 cm³/mol. The van der Waals surface area contributed by atoms with E-state index in [2.05, 4.69) is 15.4 Å². The summed E-state index contributed by atoms with van der Waals surface area (Å²) in [5.41, 5.74) is 0.935. The molecule has 1 aromatic heterocycles. The molecule has 0 atom stereocenters. The molecule has 0 aliphatic carbocycles. The van der Waals surface area contributed by atoms with E-state index in [-0.39, 0.29) is 0 Å². The smallest absolute Gasteiger partial charge is 0.132 e. The first kappa shape index (κ1) is 9.89. The summed E-state index contributed by atoms with van der Waals surface area (Å²) in [6, 6.07) is 0. The molecule has 0 radical (unpaired) electrons. The Morgan fingerprint density at radius 1 is 1.54 bits per heavy atom. The van der Waals surface area contributed by atoms with Gasteiger partial charge in [0.25, 0.3) is 0 Å². The third-order valence-corrected chi connectivity index (χ3v) is 1.88. The number of carbonyl (C=O) groups excluding carboxylic acids is 1. The number of nitrogens with one attached hydrogen (secondary N) is 1. The Bertz CT molecular complexity index is 243. The van der Waals surface area contributed by atoms with E-state index >= 15 is 0 Å². The Balaban J connectivity index is 2.11. The van der Waals surface area contributed by atoms with Crippen LogP contribution in [0.25, 0.3) is 0 Å². The number of hydrogen-bond acceptors (Lipinski definition) is 3. The van der Waals surface area contributed by atoms with E-state index in [4.69, 9.17) is 0 Å². The number of hydrogen-bond donors (Lipinski definition) is 1. The van der Waals surface area contributed by atoms with E-state index in [0.29, 0.717) is 18.6 Å². The van der Waals surface area contributed by atoms with E-state index in [1.54, 1.807) is 6.20 Å². The number of ketones is 1. The summed E-state index contributed by atoms with van der Waals surface area (Å²) in [7, 11) is 0. The van der Waals surface area contributed by atoms with Crippen LogP contribution in [-0.4, -0.2) is 21.2 Å². The molecule has 13 heavy (non-hydrogen) atoms. The van der Waals surface area contributed by atoms with E-state index in [1.165, 1.54) is 0 Å². The normalized spacial score (nSPS) is 10.2. The van der Waals surface area contributed by atoms with Crippen LogP contribution in [0.2, 0.25) is 0 Å². The minimum absolute atomic E-state index is 0.353. The number of aryl methyl sites for hydroxylation is 1. The molecule has 0 amide bonds. The molecule has 1 heterocycles. The van der Waals surface area contributed by atoms with Crippen molar-refractivity contribution in [1.82, 2.24) is 15.4 Å². The minimum atomic E-state index is 0.353. The van der Waals surface area contributed by atoms with Gasteiger partial charge in [0.1, 0.15) is 5.78 Å². The summed E-state index contributed by atoms with van der Waals surface area (Å²) in [6.45, 7) is 2.02. The van der Waals surface area contributed by atoms with Crippen molar-refractivity contribution < 1.29 is 4.79 Å². The van der Waals surface area contributed by atoms with Gasteiger partial charge in [-0.25, -0.2) is 0 Å². The van der Waals surface area contributed by atoms with E-state index in [9.17, 15) is 4.79 Å². The largest absolute Gasteiger partial charge is 0.300 e. The Morgan fingerprint density at radius 3 is 3.00 bits per heavy atom. The topological polar surface area (TPSA) is 58.6 Å². The molecule has 0 aliphatic rings. The van der Waals surface area contributed by atoms with E-state index in [1.807, 2.05) is 6.92 Å². The number of rotatable bonds is 6. The summed E-state index contributed by atoms with van der Waals surface area (Å²) < 4.78 is 0. The first-order valence-electron chi connectivity index (χ1n) is 4.69. The number of Topliss-reactive ketones (excluding diaryl/α,β-unsaturated/α-hetero) is 1. The van der Waals surface area contributed by atoms with Crippen LogP contribution in [0.5, 0.6) is 0 Å². The third-order valence-electron chi connectivity index (χ3n) is 1.88. The lowest BCUT2D eigenvalue weighted by atomic mass is 10.1. The second kappa shape index (κ2) is 5.45. The quantitative estimate of drug-likeness (QED) is 0.723. The van der Waals surface area contributed by atoms with Crippen molar-refractivity contribution in [1.29, 1.82) is 0 Å². The number of H-pyrrole nitrogens is 1. The Kier molecular flexibility index (Phi) is 4.15. The Hall–Kier alpha value is -1.19. The first-order chi connectivity index (χ1) is 6.33. The van der Waals surface area contributed by atoms with Gasteiger partial charge in [-0.15, -0.1) is 0 Å². The zero-order valence-corrected chi connectivity index (χ0v) is 7.92. The van der Waals surface area contributed by atoms with Gasteiger partial charge in [0.15, 0.2) is 0 Å². The predicted octanol–water partition coefficient (Wildman–Crippen LogP) is 1.50. The van der Waals surface area contributed by atoms with Crippen LogP contribution in [0.1, 0.15) is 38.3 Å². The average Bonchev–Trinajstić information content (AvgIpc) is 2.57. The molecule has 0 unspecified atom stereocenters. The van der Waals surface area contributed by atoms with Crippen molar-refractivity contribution >= 4 is 5.78 Å². The minimum Gasteiger partial charge on any atom is -0.300 e. The van der Waals surface area contributed by atoms with Crippen molar-refractivity contribution in [2.75, 3.05) is 0 Å². The van der Waals surface area contributed by atoms with Gasteiger partial charge in [-0.3, -0.25) is 4.79 Å². The van der Waals surface area contributed by atoms with Crippen LogP contribution >= 0.6 is 0 Å². The van der Waals surface area contributed by atoms with Crippen LogP contribution in [-0.2, 0) is 11.2 Å². The fraction of sp³-hybridized carbons (Fsp3) is 0.667. The van der Waals surface area contributed by atoms with Gasteiger partial charge in [-0.1, -0.05) is 6.92 Å². The Morgan fingerprint density at radius 2 is 2.38 bits per heavy atom. The van der Waals surface area contributed by atoms with Crippen LogP contribution in [0, 0.1) is 0 Å². The van der Waals surface area contributed by atoms with Crippen LogP contribution < -0.4 is 0 Å².